The number of carbonyl (C=O) groups is 1. The van der Waals surface area contributed by atoms with Crippen LogP contribution in [0, 0.1) is 17.1 Å². The molecule has 0 bridgehead atoms. The van der Waals surface area contributed by atoms with Gasteiger partial charge in [0.25, 0.3) is 0 Å². The molecular weight excluding hydrogens is 211 g/mol. The number of aliphatic carboxylic acids is 1. The fraction of sp³-hybridized carbons (Fsp3) is 0.273. The minimum absolute atomic E-state index is 0.213. The van der Waals surface area contributed by atoms with Crippen molar-refractivity contribution < 1.29 is 14.3 Å². The van der Waals surface area contributed by atoms with Crippen molar-refractivity contribution in [3.8, 4) is 6.07 Å². The number of benzene rings is 1. The molecule has 0 saturated heterocycles. The van der Waals surface area contributed by atoms with Crippen molar-refractivity contribution in [3.63, 3.8) is 0 Å². The summed E-state index contributed by atoms with van der Waals surface area (Å²) in [5.41, 5.74) is 0.794. The van der Waals surface area contributed by atoms with Crippen molar-refractivity contribution in [1.29, 1.82) is 5.26 Å². The molecule has 4 nitrogen and oxygen atoms in total. The van der Waals surface area contributed by atoms with Gasteiger partial charge in [-0.3, -0.25) is 4.79 Å². The monoisotopic (exact) mass is 222 g/mol. The molecule has 0 saturated carbocycles. The molecule has 5 heteroatoms. The second-order valence-corrected chi connectivity index (χ2v) is 3.35. The van der Waals surface area contributed by atoms with E-state index in [2.05, 4.69) is 5.32 Å². The van der Waals surface area contributed by atoms with E-state index in [0.717, 1.165) is 6.07 Å². The summed E-state index contributed by atoms with van der Waals surface area (Å²) in [5, 5.41) is 20.1. The lowest BCUT2D eigenvalue weighted by molar-refractivity contribution is -0.139. The summed E-state index contributed by atoms with van der Waals surface area (Å²) in [6, 6.07) is 4.98. The minimum atomic E-state index is -0.972. The van der Waals surface area contributed by atoms with Gasteiger partial charge in [-0.25, -0.2) is 4.39 Å². The van der Waals surface area contributed by atoms with Gasteiger partial charge in [0.05, 0.1) is 11.6 Å². The average Bonchev–Trinajstić information content (AvgIpc) is 2.26. The summed E-state index contributed by atoms with van der Waals surface area (Å²) in [6.07, 6.45) is 0. The maximum atomic E-state index is 12.8. The number of nitriles is 1. The van der Waals surface area contributed by atoms with Gasteiger partial charge < -0.3 is 10.4 Å². The number of halogens is 1. The molecule has 0 aliphatic rings. The van der Waals surface area contributed by atoms with E-state index in [-0.39, 0.29) is 12.1 Å². The molecule has 1 rings (SSSR count). The third-order valence-corrected chi connectivity index (χ3v) is 2.16. The Morgan fingerprint density at radius 1 is 1.69 bits per heavy atom. The Hall–Kier alpha value is -1.93. The van der Waals surface area contributed by atoms with Crippen LogP contribution in [0.1, 0.15) is 18.1 Å². The second-order valence-electron chi connectivity index (χ2n) is 3.35. The zero-order valence-electron chi connectivity index (χ0n) is 8.70. The summed E-state index contributed by atoms with van der Waals surface area (Å²) in [4.78, 5) is 10.5. The van der Waals surface area contributed by atoms with E-state index in [0.29, 0.717) is 5.56 Å². The van der Waals surface area contributed by atoms with Crippen LogP contribution < -0.4 is 5.32 Å². The van der Waals surface area contributed by atoms with Crippen LogP contribution in [0.15, 0.2) is 18.2 Å². The van der Waals surface area contributed by atoms with Gasteiger partial charge in [0, 0.05) is 6.54 Å². The Kier molecular flexibility index (Phi) is 3.97. The first-order valence-electron chi connectivity index (χ1n) is 4.69. The lowest BCUT2D eigenvalue weighted by Crippen LogP contribution is -2.33. The highest BCUT2D eigenvalue weighted by molar-refractivity contribution is 5.72. The highest BCUT2D eigenvalue weighted by Crippen LogP contribution is 2.10. The van der Waals surface area contributed by atoms with Gasteiger partial charge >= 0.3 is 5.97 Å². The Labute approximate surface area is 92.3 Å². The number of rotatable bonds is 4. The van der Waals surface area contributed by atoms with Crippen LogP contribution in [0.2, 0.25) is 0 Å². The molecule has 1 aromatic carbocycles. The van der Waals surface area contributed by atoms with E-state index in [1.165, 1.54) is 19.1 Å². The highest BCUT2D eigenvalue weighted by Gasteiger charge is 2.11. The minimum Gasteiger partial charge on any atom is -0.480 e. The molecule has 1 atom stereocenters. The molecule has 0 unspecified atom stereocenters. The lowest BCUT2D eigenvalue weighted by atomic mass is 10.1. The van der Waals surface area contributed by atoms with Crippen molar-refractivity contribution in [1.82, 2.24) is 5.32 Å². The molecule has 16 heavy (non-hydrogen) atoms. The third-order valence-electron chi connectivity index (χ3n) is 2.16. The summed E-state index contributed by atoms with van der Waals surface area (Å²) in [6.45, 7) is 1.72. The normalized spacial score (nSPS) is 11.8. The van der Waals surface area contributed by atoms with Crippen LogP contribution in [0.25, 0.3) is 0 Å². The fourth-order valence-corrected chi connectivity index (χ4v) is 1.16. The predicted octanol–water partition coefficient (Wildman–Crippen LogP) is 1.26. The van der Waals surface area contributed by atoms with Gasteiger partial charge in [0.15, 0.2) is 0 Å². The first-order valence-corrected chi connectivity index (χ1v) is 4.69. The Balaban J connectivity index is 2.75. The van der Waals surface area contributed by atoms with Crippen molar-refractivity contribution in [2.75, 3.05) is 0 Å². The van der Waals surface area contributed by atoms with Crippen LogP contribution in [0.4, 0.5) is 4.39 Å². The molecule has 1 aromatic rings. The molecular formula is C11H11FN2O2. The van der Waals surface area contributed by atoms with Crippen molar-refractivity contribution in [3.05, 3.63) is 35.1 Å². The zero-order valence-corrected chi connectivity index (χ0v) is 8.70. The molecule has 2 N–H and O–H groups in total. The van der Waals surface area contributed by atoms with Crippen LogP contribution in [-0.2, 0) is 11.3 Å². The Bertz CT molecular complexity index is 440. The summed E-state index contributed by atoms with van der Waals surface area (Å²) in [7, 11) is 0. The van der Waals surface area contributed by atoms with Gasteiger partial charge in [-0.1, -0.05) is 6.07 Å². The second kappa shape index (κ2) is 5.24. The summed E-state index contributed by atoms with van der Waals surface area (Å²) < 4.78 is 12.8. The van der Waals surface area contributed by atoms with E-state index >= 15 is 0 Å². The topological polar surface area (TPSA) is 73.1 Å². The summed E-state index contributed by atoms with van der Waals surface area (Å²) >= 11 is 0. The van der Waals surface area contributed by atoms with Crippen molar-refractivity contribution >= 4 is 5.97 Å². The van der Waals surface area contributed by atoms with Gasteiger partial charge in [0.2, 0.25) is 0 Å². The zero-order chi connectivity index (χ0) is 12.1. The van der Waals surface area contributed by atoms with Crippen molar-refractivity contribution in [2.24, 2.45) is 0 Å². The summed E-state index contributed by atoms with van der Waals surface area (Å²) in [5.74, 6) is -1.45. The highest BCUT2D eigenvalue weighted by atomic mass is 19.1. The van der Waals surface area contributed by atoms with E-state index in [4.69, 9.17) is 10.4 Å². The van der Waals surface area contributed by atoms with Crippen LogP contribution in [0.5, 0.6) is 0 Å². The number of nitrogens with one attached hydrogen (secondary N) is 1. The molecule has 0 spiro atoms. The number of nitrogens with zero attached hydrogens (tertiary/aromatic N) is 1. The molecule has 0 heterocycles. The van der Waals surface area contributed by atoms with Crippen molar-refractivity contribution in [2.45, 2.75) is 19.5 Å². The number of carboxylic acids is 1. The van der Waals surface area contributed by atoms with E-state index in [9.17, 15) is 9.18 Å². The molecule has 84 valence electrons. The van der Waals surface area contributed by atoms with Gasteiger partial charge in [-0.15, -0.1) is 0 Å². The predicted molar refractivity (Wildman–Crippen MR) is 55.1 cm³/mol. The number of carboxylic acid groups (broad SMARTS) is 1. The SMILES string of the molecule is C[C@@H](NCc1ccc(F)cc1C#N)C(=O)O. The maximum Gasteiger partial charge on any atom is 0.320 e. The van der Waals surface area contributed by atoms with Crippen LogP contribution >= 0.6 is 0 Å². The van der Waals surface area contributed by atoms with Crippen LogP contribution in [-0.4, -0.2) is 17.1 Å². The lowest BCUT2D eigenvalue weighted by Gasteiger charge is -2.09. The Morgan fingerprint density at radius 2 is 2.38 bits per heavy atom. The third kappa shape index (κ3) is 3.04. The molecule has 0 amide bonds. The smallest absolute Gasteiger partial charge is 0.320 e. The largest absolute Gasteiger partial charge is 0.480 e. The Morgan fingerprint density at radius 3 is 2.94 bits per heavy atom. The average molecular weight is 222 g/mol. The molecule has 0 aromatic heterocycles. The van der Waals surface area contributed by atoms with E-state index in [1.807, 2.05) is 6.07 Å². The molecule has 0 aliphatic heterocycles. The van der Waals surface area contributed by atoms with Crippen LogP contribution in [0.3, 0.4) is 0 Å². The standard InChI is InChI=1S/C11H11FN2O2/c1-7(11(15)16)14-6-8-2-3-10(12)4-9(8)5-13/h2-4,7,14H,6H2,1H3,(H,15,16)/t7-/m1/s1. The van der Waals surface area contributed by atoms with Gasteiger partial charge in [0.1, 0.15) is 11.9 Å². The first kappa shape index (κ1) is 12.1. The molecule has 0 fully saturated rings. The van der Waals surface area contributed by atoms with Gasteiger partial charge in [-0.2, -0.15) is 5.26 Å². The number of hydrogen-bond acceptors (Lipinski definition) is 3. The molecule has 0 aliphatic carbocycles. The fourth-order valence-electron chi connectivity index (χ4n) is 1.16. The quantitative estimate of drug-likeness (QED) is 0.804. The van der Waals surface area contributed by atoms with E-state index in [1.54, 1.807) is 0 Å². The number of hydrogen-bond donors (Lipinski definition) is 2. The first-order chi connectivity index (χ1) is 7.54. The molecule has 0 radical (unpaired) electrons. The van der Waals surface area contributed by atoms with E-state index < -0.39 is 17.8 Å². The maximum absolute atomic E-state index is 12.8. The van der Waals surface area contributed by atoms with Gasteiger partial charge in [-0.05, 0) is 24.6 Å².